The quantitative estimate of drug-likeness (QED) is 0.0228. The van der Waals surface area contributed by atoms with Gasteiger partial charge in [-0.25, -0.2) is 39.9 Å². The third-order valence-electron chi connectivity index (χ3n) is 12.5. The van der Waals surface area contributed by atoms with Crippen molar-refractivity contribution in [1.82, 2.24) is 39.9 Å². The minimum atomic E-state index is -1.85. The van der Waals surface area contributed by atoms with Crippen LogP contribution in [0.15, 0.2) is 46.5 Å². The van der Waals surface area contributed by atoms with Crippen LogP contribution in [-0.2, 0) is 31.8 Å². The smallest absolute Gasteiger partial charge is 0.303 e. The molecule has 0 saturated heterocycles. The maximum absolute atomic E-state index is 11.1. The maximum atomic E-state index is 11.1. The number of aromatic nitrogens is 8. The molecule has 8 rings (SSSR count). The van der Waals surface area contributed by atoms with Crippen LogP contribution >= 0.6 is 61.3 Å². The van der Waals surface area contributed by atoms with Crippen molar-refractivity contribution in [3.8, 4) is 0 Å². The summed E-state index contributed by atoms with van der Waals surface area (Å²) in [6.07, 6.45) is 16.6. The predicted octanol–water partition coefficient (Wildman–Crippen LogP) is 14.7. The standard InChI is InChI=1S/C12H15N3O4S.C12H17N3O2S.C9H7N3O2S.C7H4BrN3O2S.3C4H9.C2H3.Sn/c1-8-14-11-9(3-4-19-6-5-18-2)10(15(16)17)7-13-12(11)20-8;1-8-15-11-9(3-4-17-6-5-16-2)10(13)7-14-12(11)18-8;1-3-6-7(12(13)14)4-10-9-8(6)11-5(2)15-9;1-3-10-6-5(8)4(11(12)13)2-9-7(6)14-3;3*1-3-4-2;1-2;/h7H,3-6H2,1-2H3;7H,3-6,13H2,1-2H3;3-4H,1H2,2H3;2H,1H3;3*1,3-4H2,2H3;1H,2H2;. The number of rotatable bonds is 26. The van der Waals surface area contributed by atoms with Gasteiger partial charge in [0.25, 0.3) is 11.4 Å². The fourth-order valence-electron chi connectivity index (χ4n) is 8.24. The van der Waals surface area contributed by atoms with Crippen LogP contribution in [0.2, 0.25) is 13.3 Å². The molecule has 0 radical (unpaired) electrons. The second-order valence-electron chi connectivity index (χ2n) is 18.4. The van der Waals surface area contributed by atoms with Gasteiger partial charge in [0.15, 0.2) is 0 Å². The van der Waals surface area contributed by atoms with E-state index in [9.17, 15) is 30.3 Å². The Bertz CT molecular complexity index is 3360. The second kappa shape index (κ2) is 35.8. The predicted molar refractivity (Wildman–Crippen MR) is 339 cm³/mol. The molecule has 22 nitrogen and oxygen atoms in total. The van der Waals surface area contributed by atoms with Crippen molar-refractivity contribution in [3.05, 3.63) is 114 Å². The Labute approximate surface area is 505 Å². The van der Waals surface area contributed by atoms with Crippen molar-refractivity contribution in [2.75, 3.05) is 59.6 Å². The van der Waals surface area contributed by atoms with Crippen LogP contribution in [-0.4, -0.2) is 127 Å². The number of anilines is 1. The van der Waals surface area contributed by atoms with Crippen LogP contribution in [0.4, 0.5) is 22.7 Å². The number of aryl methyl sites for hydroxylation is 4. The van der Waals surface area contributed by atoms with Gasteiger partial charge >= 0.3 is 107 Å². The van der Waals surface area contributed by atoms with Crippen molar-refractivity contribution in [2.24, 2.45) is 0 Å². The Morgan fingerprint density at radius 2 is 0.939 bits per heavy atom. The summed E-state index contributed by atoms with van der Waals surface area (Å²) in [6.45, 7) is 25.4. The first kappa shape index (κ1) is 69.3. The van der Waals surface area contributed by atoms with Gasteiger partial charge < -0.3 is 24.7 Å². The number of methoxy groups -OCH3 is 2. The zero-order valence-corrected chi connectivity index (χ0v) is 55.7. The Balaban J connectivity index is 0.000000222. The molecule has 8 aromatic rings. The average molecular weight is 1380 g/mol. The number of halogens is 1. The summed E-state index contributed by atoms with van der Waals surface area (Å²) in [5, 5.41) is 35.9. The maximum Gasteiger partial charge on any atom is 0.303 e. The Kier molecular flexibility index (Phi) is 30.2. The summed E-state index contributed by atoms with van der Waals surface area (Å²) in [7, 11) is 3.25. The van der Waals surface area contributed by atoms with Crippen LogP contribution in [0.1, 0.15) is 96.0 Å². The molecule has 444 valence electrons. The number of nitrogen functional groups attached to an aromatic ring is 1. The number of ether oxygens (including phenoxy) is 4. The summed E-state index contributed by atoms with van der Waals surface area (Å²) in [6, 6.07) is 0. The van der Waals surface area contributed by atoms with Crippen LogP contribution in [0.3, 0.4) is 0 Å². The third-order valence-corrected chi connectivity index (χ3v) is 30.8. The molecule has 8 aromatic heterocycles. The number of hydrogen-bond acceptors (Lipinski definition) is 23. The average Bonchev–Trinajstić information content (AvgIpc) is 4.26. The van der Waals surface area contributed by atoms with Gasteiger partial charge in [-0.15, -0.1) is 0 Å². The summed E-state index contributed by atoms with van der Waals surface area (Å²) in [5.41, 5.74) is 11.2. The number of hydrogen-bond donors (Lipinski definition) is 1. The zero-order chi connectivity index (χ0) is 60.4. The first-order valence-electron chi connectivity index (χ1n) is 26.6. The van der Waals surface area contributed by atoms with Gasteiger partial charge in [-0.05, 0) is 43.6 Å². The normalized spacial score (nSPS) is 11.0. The van der Waals surface area contributed by atoms with Gasteiger partial charge in [0.1, 0.15) is 64.5 Å². The van der Waals surface area contributed by atoms with E-state index in [1.54, 1.807) is 45.1 Å². The van der Waals surface area contributed by atoms with Crippen molar-refractivity contribution in [2.45, 2.75) is 113 Å². The summed E-state index contributed by atoms with van der Waals surface area (Å²) in [4.78, 5) is 67.6. The second-order valence-corrected chi connectivity index (χ2v) is 37.2. The van der Waals surface area contributed by atoms with Gasteiger partial charge in [0, 0.05) is 32.6 Å². The minimum Gasteiger partial charge on any atom is -0.397 e. The van der Waals surface area contributed by atoms with Crippen molar-refractivity contribution in [3.63, 3.8) is 0 Å². The van der Waals surface area contributed by atoms with Crippen molar-refractivity contribution >= 4 is 150 Å². The van der Waals surface area contributed by atoms with Gasteiger partial charge in [-0.3, -0.25) is 30.3 Å². The number of fused-ring (bicyclic) bond motifs is 4. The summed E-state index contributed by atoms with van der Waals surface area (Å²) >= 11 is 7.14. The summed E-state index contributed by atoms with van der Waals surface area (Å²) < 4.78 is 28.2. The van der Waals surface area contributed by atoms with Crippen LogP contribution in [0, 0.1) is 58.0 Å². The summed E-state index contributed by atoms with van der Waals surface area (Å²) in [5.74, 6) is 0. The molecule has 0 amide bonds. The number of unbranched alkanes of at least 4 members (excludes halogenated alkanes) is 3. The zero-order valence-electron chi connectivity index (χ0n) is 48.0. The van der Waals surface area contributed by atoms with Gasteiger partial charge in [0.2, 0.25) is 0 Å². The molecular weight excluding hydrogens is 1300 g/mol. The molecule has 0 fully saturated rings. The van der Waals surface area contributed by atoms with E-state index >= 15 is 0 Å². The van der Waals surface area contributed by atoms with Crippen molar-refractivity contribution < 1.29 is 33.7 Å². The Morgan fingerprint density at radius 3 is 1.37 bits per heavy atom. The molecule has 0 spiro atoms. The molecule has 8 heterocycles. The number of nitro groups is 3. The number of nitrogens with zero attached hydrogens (tertiary/aromatic N) is 11. The Morgan fingerprint density at radius 1 is 0.561 bits per heavy atom. The number of nitrogens with two attached hydrogens (primary N) is 1. The van der Waals surface area contributed by atoms with E-state index in [0.717, 1.165) is 47.2 Å². The van der Waals surface area contributed by atoms with Crippen LogP contribution in [0.25, 0.3) is 47.5 Å². The molecule has 0 aliphatic rings. The molecule has 0 aromatic carbocycles. The monoisotopic (exact) mass is 1380 g/mol. The van der Waals surface area contributed by atoms with Gasteiger partial charge in [0.05, 0.1) is 97.5 Å². The van der Waals surface area contributed by atoms with Gasteiger partial charge in [-0.2, -0.15) is 0 Å². The molecule has 82 heavy (non-hydrogen) atoms. The third kappa shape index (κ3) is 20.5. The molecule has 0 atom stereocenters. The van der Waals surface area contributed by atoms with Crippen LogP contribution in [0.5, 0.6) is 0 Å². The van der Waals surface area contributed by atoms with Gasteiger partial charge in [-0.1, -0.05) is 58.0 Å². The topological polar surface area (TPSA) is 295 Å². The SMILES string of the molecule is C=Cc1c([N+](=O)[O-])cnc2sc(C)nc12.C=[CH][Sn]([CH2]CCC)([CH2]CCC)[CH2]CCC.COCCOCCc1c(N)cnc2sc(C)nc12.COCCOCCc1c([N+](=O)[O-])cnc2sc(C)nc12.Cc1nc2c(Br)c([N+](=O)[O-])cnc2s1. The minimum absolute atomic E-state index is 0.00172. The van der Waals surface area contributed by atoms with Crippen molar-refractivity contribution in [1.29, 1.82) is 0 Å². The molecule has 0 bridgehead atoms. The molecule has 0 unspecified atom stereocenters. The molecule has 28 heteroatoms. The molecule has 0 saturated carbocycles. The van der Waals surface area contributed by atoms with E-state index in [1.807, 2.05) is 27.7 Å². The van der Waals surface area contributed by atoms with E-state index in [4.69, 9.17) is 24.7 Å². The molecular formula is C54H73BrN12O10S4Sn. The molecule has 0 aliphatic heterocycles. The largest absolute Gasteiger partial charge is 0.397 e. The fourth-order valence-corrected chi connectivity index (χ4v) is 25.0. The number of thiazole rings is 4. The van der Waals surface area contributed by atoms with E-state index in [2.05, 4.69) is 93.8 Å². The molecule has 2 N–H and O–H groups in total. The van der Waals surface area contributed by atoms with E-state index < -0.39 is 33.1 Å². The fraction of sp³-hybridized carbons (Fsp3) is 0.481. The van der Waals surface area contributed by atoms with E-state index in [1.165, 1.54) is 97.2 Å². The Hall–Kier alpha value is -5.24. The molecule has 0 aliphatic carbocycles. The first-order chi connectivity index (χ1) is 39.3. The van der Waals surface area contributed by atoms with E-state index in [0.29, 0.717) is 93.6 Å². The van der Waals surface area contributed by atoms with E-state index in [-0.39, 0.29) is 17.1 Å². The number of pyridine rings is 4. The van der Waals surface area contributed by atoms with Crippen LogP contribution < -0.4 is 5.73 Å². The first-order valence-corrected chi connectivity index (χ1v) is 38.3.